The van der Waals surface area contributed by atoms with Crippen molar-refractivity contribution < 1.29 is 9.53 Å². The second kappa shape index (κ2) is 7.06. The van der Waals surface area contributed by atoms with Gasteiger partial charge in [-0.1, -0.05) is 91.0 Å². The standard InChI is InChI=1S/C27H20O2/c1-18-15-16-21-17-29-27(28)25(21)26-23(20-11-6-3-7-12-20)14-8-13-22(24(18)26)19-9-4-2-5-10-19/h2-16H,17H2,1H3. The molecule has 0 aromatic heterocycles. The number of ether oxygens (including phenoxy) is 1. The summed E-state index contributed by atoms with van der Waals surface area (Å²) < 4.78 is 5.44. The maximum atomic E-state index is 12.8. The van der Waals surface area contributed by atoms with Gasteiger partial charge in [0.1, 0.15) is 6.61 Å². The van der Waals surface area contributed by atoms with Gasteiger partial charge in [-0.25, -0.2) is 4.79 Å². The number of benzene rings is 2. The van der Waals surface area contributed by atoms with Crippen LogP contribution in [0.4, 0.5) is 0 Å². The van der Waals surface area contributed by atoms with Crippen molar-refractivity contribution in [3.63, 3.8) is 0 Å². The molecular formula is C27H20O2. The Kier molecular flexibility index (Phi) is 4.25. The second-order valence-electron chi connectivity index (χ2n) is 7.33. The second-order valence-corrected chi connectivity index (χ2v) is 7.33. The van der Waals surface area contributed by atoms with Gasteiger partial charge in [0.05, 0.1) is 5.57 Å². The molecule has 3 aliphatic rings. The maximum absolute atomic E-state index is 12.8. The van der Waals surface area contributed by atoms with Crippen LogP contribution in [0, 0.1) is 0 Å². The van der Waals surface area contributed by atoms with Crippen LogP contribution in [0.15, 0.2) is 119 Å². The first kappa shape index (κ1) is 17.4. The highest BCUT2D eigenvalue weighted by molar-refractivity contribution is 6.07. The van der Waals surface area contributed by atoms with Crippen molar-refractivity contribution in [2.24, 2.45) is 0 Å². The lowest BCUT2D eigenvalue weighted by Crippen LogP contribution is -2.06. The van der Waals surface area contributed by atoms with E-state index in [2.05, 4.69) is 55.5 Å². The number of hydrogen-bond donors (Lipinski definition) is 0. The molecular weight excluding hydrogens is 356 g/mol. The minimum atomic E-state index is -0.247. The van der Waals surface area contributed by atoms with Gasteiger partial charge in [0.2, 0.25) is 0 Å². The highest BCUT2D eigenvalue weighted by Gasteiger charge is 2.34. The van der Waals surface area contributed by atoms with Gasteiger partial charge in [0.25, 0.3) is 0 Å². The summed E-state index contributed by atoms with van der Waals surface area (Å²) in [6.07, 6.45) is 10.5. The minimum Gasteiger partial charge on any atom is -0.457 e. The summed E-state index contributed by atoms with van der Waals surface area (Å²) in [5, 5.41) is 0. The highest BCUT2D eigenvalue weighted by atomic mass is 16.5. The molecule has 2 heteroatoms. The van der Waals surface area contributed by atoms with Crippen molar-refractivity contribution in [2.45, 2.75) is 6.92 Å². The average molecular weight is 376 g/mol. The summed E-state index contributed by atoms with van der Waals surface area (Å²) in [6.45, 7) is 2.44. The molecule has 140 valence electrons. The number of carbonyl (C=O) groups excluding carboxylic acids is 1. The topological polar surface area (TPSA) is 26.3 Å². The van der Waals surface area contributed by atoms with Gasteiger partial charge in [-0.05, 0) is 40.3 Å². The zero-order valence-electron chi connectivity index (χ0n) is 16.2. The molecule has 0 N–H and O–H groups in total. The maximum Gasteiger partial charge on any atom is 0.339 e. The summed E-state index contributed by atoms with van der Waals surface area (Å²) in [6, 6.07) is 20.6. The van der Waals surface area contributed by atoms with Crippen molar-refractivity contribution >= 4 is 17.1 Å². The minimum absolute atomic E-state index is 0.247. The first-order chi connectivity index (χ1) is 14.2. The summed E-state index contributed by atoms with van der Waals surface area (Å²) in [7, 11) is 0. The third-order valence-electron chi connectivity index (χ3n) is 5.55. The van der Waals surface area contributed by atoms with Gasteiger partial charge >= 0.3 is 5.97 Å². The Balaban J connectivity index is 1.88. The number of rotatable bonds is 2. The van der Waals surface area contributed by atoms with E-state index >= 15 is 0 Å². The van der Waals surface area contributed by atoms with Crippen LogP contribution in [0.1, 0.15) is 18.1 Å². The number of carbonyl (C=O) groups is 1. The number of cyclic esters (lactones) is 1. The molecule has 0 unspecified atom stereocenters. The Morgan fingerprint density at radius 2 is 1.45 bits per heavy atom. The van der Waals surface area contributed by atoms with Gasteiger partial charge in [0, 0.05) is 11.1 Å². The van der Waals surface area contributed by atoms with E-state index in [9.17, 15) is 4.79 Å². The SMILES string of the molecule is CC1=CC=C2COC(=O)C2=C2C(c3ccccc3)=CC=CC(c3ccccc3)=C12. The van der Waals surface area contributed by atoms with E-state index in [1.54, 1.807) is 0 Å². The van der Waals surface area contributed by atoms with Crippen molar-refractivity contribution in [3.05, 3.63) is 130 Å². The van der Waals surface area contributed by atoms with Crippen LogP contribution in [-0.2, 0) is 9.53 Å². The average Bonchev–Trinajstić information content (AvgIpc) is 2.93. The van der Waals surface area contributed by atoms with Crippen molar-refractivity contribution in [3.8, 4) is 0 Å². The molecule has 2 aromatic rings. The van der Waals surface area contributed by atoms with E-state index < -0.39 is 0 Å². The van der Waals surface area contributed by atoms with Gasteiger partial charge in [0.15, 0.2) is 0 Å². The van der Waals surface area contributed by atoms with Crippen molar-refractivity contribution in [1.82, 2.24) is 0 Å². The normalized spacial score (nSPS) is 18.2. The Hall–Kier alpha value is -3.65. The Bertz CT molecular complexity index is 1180. The smallest absolute Gasteiger partial charge is 0.339 e. The lowest BCUT2D eigenvalue weighted by Gasteiger charge is -2.20. The monoisotopic (exact) mass is 376 g/mol. The molecule has 0 bridgehead atoms. The number of allylic oxidation sites excluding steroid dienone is 10. The molecule has 29 heavy (non-hydrogen) atoms. The number of fused-ring (bicyclic) bond motifs is 2. The molecule has 1 fully saturated rings. The third-order valence-corrected chi connectivity index (χ3v) is 5.55. The lowest BCUT2D eigenvalue weighted by molar-refractivity contribution is -0.135. The van der Waals surface area contributed by atoms with Crippen LogP contribution in [0.5, 0.6) is 0 Å². The molecule has 2 aromatic carbocycles. The summed E-state index contributed by atoms with van der Waals surface area (Å²) in [5.41, 5.74) is 9.16. The largest absolute Gasteiger partial charge is 0.457 e. The van der Waals surface area contributed by atoms with Gasteiger partial charge < -0.3 is 4.74 Å². The van der Waals surface area contributed by atoms with E-state index in [1.807, 2.05) is 42.5 Å². The first-order valence-electron chi connectivity index (χ1n) is 9.78. The first-order valence-corrected chi connectivity index (χ1v) is 9.78. The van der Waals surface area contributed by atoms with Gasteiger partial charge in [-0.15, -0.1) is 0 Å². The molecule has 1 saturated heterocycles. The van der Waals surface area contributed by atoms with Crippen LogP contribution in [0.2, 0.25) is 0 Å². The Morgan fingerprint density at radius 3 is 2.17 bits per heavy atom. The zero-order chi connectivity index (χ0) is 19.8. The molecule has 1 aliphatic heterocycles. The molecule has 5 rings (SSSR count). The molecule has 2 nitrogen and oxygen atoms in total. The predicted molar refractivity (Wildman–Crippen MR) is 117 cm³/mol. The molecule has 0 radical (unpaired) electrons. The van der Waals surface area contributed by atoms with E-state index in [0.29, 0.717) is 12.2 Å². The number of hydrogen-bond acceptors (Lipinski definition) is 2. The van der Waals surface area contributed by atoms with Gasteiger partial charge in [-0.2, -0.15) is 0 Å². The van der Waals surface area contributed by atoms with Crippen molar-refractivity contribution in [2.75, 3.05) is 6.61 Å². The fourth-order valence-electron chi connectivity index (χ4n) is 4.18. The molecule has 0 atom stereocenters. The Labute approximate surface area is 170 Å². The van der Waals surface area contributed by atoms with Gasteiger partial charge in [-0.3, -0.25) is 0 Å². The van der Waals surface area contributed by atoms with E-state index in [4.69, 9.17) is 4.74 Å². The fourth-order valence-corrected chi connectivity index (χ4v) is 4.18. The lowest BCUT2D eigenvalue weighted by atomic mass is 9.82. The highest BCUT2D eigenvalue weighted by Crippen LogP contribution is 2.45. The van der Waals surface area contributed by atoms with Crippen LogP contribution >= 0.6 is 0 Å². The zero-order valence-corrected chi connectivity index (χ0v) is 16.2. The summed E-state index contributed by atoms with van der Waals surface area (Å²) in [5.74, 6) is -0.247. The van der Waals surface area contributed by atoms with Crippen LogP contribution in [-0.4, -0.2) is 12.6 Å². The summed E-state index contributed by atoms with van der Waals surface area (Å²) in [4.78, 5) is 12.8. The van der Waals surface area contributed by atoms with Crippen LogP contribution in [0.25, 0.3) is 11.1 Å². The van der Waals surface area contributed by atoms with E-state index in [-0.39, 0.29) is 5.97 Å². The molecule has 0 amide bonds. The molecule has 1 heterocycles. The molecule has 0 spiro atoms. The molecule has 0 saturated carbocycles. The summed E-state index contributed by atoms with van der Waals surface area (Å²) >= 11 is 0. The molecule has 2 aliphatic carbocycles. The van der Waals surface area contributed by atoms with Crippen molar-refractivity contribution in [1.29, 1.82) is 0 Å². The van der Waals surface area contributed by atoms with E-state index in [0.717, 1.165) is 44.6 Å². The Morgan fingerprint density at radius 1 is 0.759 bits per heavy atom. The predicted octanol–water partition coefficient (Wildman–Crippen LogP) is 5.83. The van der Waals surface area contributed by atoms with Crippen LogP contribution < -0.4 is 0 Å². The van der Waals surface area contributed by atoms with Crippen LogP contribution in [0.3, 0.4) is 0 Å². The fraction of sp³-hybridized carbons (Fsp3) is 0.0741. The number of esters is 1. The quantitative estimate of drug-likeness (QED) is 0.616. The third kappa shape index (κ3) is 2.94. The van der Waals surface area contributed by atoms with E-state index in [1.165, 1.54) is 0 Å².